The molecular weight excluding hydrogens is 544 g/mol. The van der Waals surface area contributed by atoms with Crippen molar-refractivity contribution >= 4 is 34.7 Å². The lowest BCUT2D eigenvalue weighted by molar-refractivity contribution is -0.132. The van der Waals surface area contributed by atoms with Gasteiger partial charge < -0.3 is 31.0 Å². The number of likely N-dealkylation sites (tertiary alicyclic amines) is 1. The number of Topliss-reactive ketones (excluding diaryl/α,β-unsaturated/α-hetero) is 1. The third kappa shape index (κ3) is 9.02. The molecule has 10 heteroatoms. The van der Waals surface area contributed by atoms with Crippen molar-refractivity contribution in [3.05, 3.63) is 78.8 Å². The Kier molecular flexibility index (Phi) is 11.3. The van der Waals surface area contributed by atoms with E-state index >= 15 is 0 Å². The van der Waals surface area contributed by atoms with Crippen LogP contribution in [-0.2, 0) is 14.4 Å². The smallest absolute Gasteiger partial charge is 0.250 e. The van der Waals surface area contributed by atoms with Crippen molar-refractivity contribution in [2.24, 2.45) is 11.7 Å². The number of methoxy groups -OCH3 is 1. The van der Waals surface area contributed by atoms with Crippen LogP contribution in [-0.4, -0.2) is 57.8 Å². The first-order valence-corrected chi connectivity index (χ1v) is 14.4. The first-order valence-electron chi connectivity index (χ1n) is 14.4. The molecule has 0 radical (unpaired) electrons. The SMILES string of the molecule is C=C(CC(C)C(=O)Nc1cn(C(C(=O)N2CCCC2)c2ccc(OC)cc2)cn1)c1ccccc1N.CC(=O)C(C)(C)N. The fourth-order valence-electron chi connectivity index (χ4n) is 4.52. The number of benzene rings is 2. The third-order valence-electron chi connectivity index (χ3n) is 7.48. The monoisotopic (exact) mass is 588 g/mol. The molecule has 2 amide bonds. The van der Waals surface area contributed by atoms with Gasteiger partial charge in [-0.25, -0.2) is 4.98 Å². The quantitative estimate of drug-likeness (QED) is 0.292. The van der Waals surface area contributed by atoms with Crippen LogP contribution in [0.2, 0.25) is 0 Å². The van der Waals surface area contributed by atoms with Gasteiger partial charge in [-0.2, -0.15) is 0 Å². The molecule has 0 spiro atoms. The van der Waals surface area contributed by atoms with E-state index in [2.05, 4.69) is 16.9 Å². The van der Waals surface area contributed by atoms with Crippen molar-refractivity contribution in [1.29, 1.82) is 0 Å². The summed E-state index contributed by atoms with van der Waals surface area (Å²) in [4.78, 5) is 43.0. The van der Waals surface area contributed by atoms with Gasteiger partial charge in [-0.3, -0.25) is 14.4 Å². The lowest BCUT2D eigenvalue weighted by atomic mass is 9.95. The van der Waals surface area contributed by atoms with Crippen LogP contribution in [0.15, 0.2) is 67.6 Å². The van der Waals surface area contributed by atoms with Crippen LogP contribution in [0.1, 0.15) is 64.1 Å². The molecule has 230 valence electrons. The van der Waals surface area contributed by atoms with Gasteiger partial charge in [0, 0.05) is 36.5 Å². The van der Waals surface area contributed by atoms with Crippen molar-refractivity contribution in [2.45, 2.75) is 58.5 Å². The van der Waals surface area contributed by atoms with E-state index in [0.29, 0.717) is 17.9 Å². The molecule has 1 aliphatic heterocycles. The van der Waals surface area contributed by atoms with Gasteiger partial charge in [0.05, 0.1) is 19.0 Å². The van der Waals surface area contributed by atoms with E-state index < -0.39 is 11.6 Å². The van der Waals surface area contributed by atoms with E-state index in [-0.39, 0.29) is 23.5 Å². The molecule has 0 bridgehead atoms. The Balaban J connectivity index is 0.000000646. The predicted octanol–water partition coefficient (Wildman–Crippen LogP) is 4.68. The van der Waals surface area contributed by atoms with Crippen LogP contribution in [0.4, 0.5) is 11.5 Å². The number of nitrogens with two attached hydrogens (primary N) is 2. The third-order valence-corrected chi connectivity index (χ3v) is 7.48. The minimum atomic E-state index is -0.639. The molecule has 5 N–H and O–H groups in total. The summed E-state index contributed by atoms with van der Waals surface area (Å²) in [6, 6.07) is 14.4. The predicted molar refractivity (Wildman–Crippen MR) is 170 cm³/mol. The molecule has 1 saturated heterocycles. The van der Waals surface area contributed by atoms with E-state index in [1.165, 1.54) is 6.92 Å². The Bertz CT molecular complexity index is 1420. The summed E-state index contributed by atoms with van der Waals surface area (Å²) >= 11 is 0. The topological polar surface area (TPSA) is 146 Å². The van der Waals surface area contributed by atoms with Crippen molar-refractivity contribution in [1.82, 2.24) is 14.5 Å². The standard InChI is InChI=1S/C28H33N5O3.C5H11NO/c1-19(23-8-4-5-9-24(23)29)16-20(2)27(34)31-25-17-33(18-30-25)26(28(35)32-14-6-7-15-32)21-10-12-22(36-3)13-11-21;1-4(7)5(2,3)6/h4-5,8-13,17-18,20,26H,1,6-7,14-16,29H2,2-3H3,(H,31,34);6H2,1-3H3. The maximum atomic E-state index is 13.5. The van der Waals surface area contributed by atoms with E-state index in [4.69, 9.17) is 16.2 Å². The Morgan fingerprint density at radius 1 is 1.09 bits per heavy atom. The van der Waals surface area contributed by atoms with Crippen LogP contribution in [0, 0.1) is 5.92 Å². The second kappa shape index (κ2) is 14.6. The number of nitrogens with one attached hydrogen (secondary N) is 1. The number of hydrogen-bond acceptors (Lipinski definition) is 7. The lowest BCUT2D eigenvalue weighted by Crippen LogP contribution is -2.39. The fraction of sp³-hybridized carbons (Fsp3) is 0.394. The maximum Gasteiger partial charge on any atom is 0.250 e. The Hall–Kier alpha value is -4.44. The van der Waals surface area contributed by atoms with Crippen molar-refractivity contribution in [2.75, 3.05) is 31.2 Å². The average Bonchev–Trinajstić information content (AvgIpc) is 3.66. The number of ether oxygens (including phenoxy) is 1. The van der Waals surface area contributed by atoms with Gasteiger partial charge in [-0.05, 0) is 69.4 Å². The molecule has 1 fully saturated rings. The molecule has 3 aromatic rings. The molecule has 2 unspecified atom stereocenters. The number of imidazole rings is 1. The van der Waals surface area contributed by atoms with Crippen LogP contribution >= 0.6 is 0 Å². The molecular formula is C33H44N6O4. The van der Waals surface area contributed by atoms with Gasteiger partial charge in [0.15, 0.2) is 5.82 Å². The molecule has 1 aromatic heterocycles. The summed E-state index contributed by atoms with van der Waals surface area (Å²) in [6.45, 7) is 12.3. The van der Waals surface area contributed by atoms with Crippen molar-refractivity contribution in [3.63, 3.8) is 0 Å². The number of allylic oxidation sites excluding steroid dienone is 1. The highest BCUT2D eigenvalue weighted by atomic mass is 16.5. The zero-order valence-electron chi connectivity index (χ0n) is 25.8. The zero-order valence-corrected chi connectivity index (χ0v) is 25.8. The average molecular weight is 589 g/mol. The largest absolute Gasteiger partial charge is 0.497 e. The number of carbonyl (C=O) groups excluding carboxylic acids is 3. The number of anilines is 2. The number of ketones is 1. The summed E-state index contributed by atoms with van der Waals surface area (Å²) < 4.78 is 7.03. The maximum absolute atomic E-state index is 13.5. The van der Waals surface area contributed by atoms with Crippen molar-refractivity contribution in [3.8, 4) is 5.75 Å². The van der Waals surface area contributed by atoms with E-state index in [1.54, 1.807) is 38.0 Å². The van der Waals surface area contributed by atoms with E-state index in [9.17, 15) is 14.4 Å². The number of hydrogen-bond donors (Lipinski definition) is 3. The Morgan fingerprint density at radius 3 is 2.26 bits per heavy atom. The molecule has 1 aliphatic rings. The first-order chi connectivity index (χ1) is 20.3. The molecule has 2 heterocycles. The number of carbonyl (C=O) groups is 3. The van der Waals surface area contributed by atoms with Crippen LogP contribution in [0.3, 0.4) is 0 Å². The minimum absolute atomic E-state index is 0.0121. The lowest BCUT2D eigenvalue weighted by Gasteiger charge is -2.24. The molecule has 4 rings (SSSR count). The molecule has 10 nitrogen and oxygen atoms in total. The Morgan fingerprint density at radius 2 is 1.70 bits per heavy atom. The van der Waals surface area contributed by atoms with Crippen LogP contribution in [0.5, 0.6) is 5.75 Å². The molecule has 0 aliphatic carbocycles. The van der Waals surface area contributed by atoms with Crippen LogP contribution < -0.4 is 21.5 Å². The minimum Gasteiger partial charge on any atom is -0.497 e. The van der Waals surface area contributed by atoms with Crippen LogP contribution in [0.25, 0.3) is 5.57 Å². The number of amides is 2. The highest BCUT2D eigenvalue weighted by molar-refractivity contribution is 5.93. The highest BCUT2D eigenvalue weighted by Gasteiger charge is 2.30. The first kappa shape index (κ1) is 33.1. The summed E-state index contributed by atoms with van der Waals surface area (Å²) in [5.74, 6) is 0.626. The summed E-state index contributed by atoms with van der Waals surface area (Å²) in [7, 11) is 1.61. The fourth-order valence-corrected chi connectivity index (χ4v) is 4.52. The molecule has 0 saturated carbocycles. The van der Waals surface area contributed by atoms with Gasteiger partial charge in [0.1, 0.15) is 17.6 Å². The highest BCUT2D eigenvalue weighted by Crippen LogP contribution is 2.28. The molecule has 43 heavy (non-hydrogen) atoms. The second-order valence-corrected chi connectivity index (χ2v) is 11.5. The number of aromatic nitrogens is 2. The number of para-hydroxylation sites is 1. The van der Waals surface area contributed by atoms with Gasteiger partial charge in [0.25, 0.3) is 0 Å². The second-order valence-electron chi connectivity index (χ2n) is 11.5. The number of rotatable bonds is 10. The number of nitrogen functional groups attached to an aromatic ring is 1. The Labute approximate surface area is 254 Å². The van der Waals surface area contributed by atoms with Gasteiger partial charge in [0.2, 0.25) is 11.8 Å². The summed E-state index contributed by atoms with van der Waals surface area (Å²) in [6.07, 6.45) is 5.77. The van der Waals surface area contributed by atoms with Gasteiger partial charge >= 0.3 is 0 Å². The summed E-state index contributed by atoms with van der Waals surface area (Å²) in [5.41, 5.74) is 13.9. The van der Waals surface area contributed by atoms with Crippen molar-refractivity contribution < 1.29 is 19.1 Å². The van der Waals surface area contributed by atoms with Gasteiger partial charge in [-0.1, -0.05) is 43.8 Å². The molecule has 2 atom stereocenters. The van der Waals surface area contributed by atoms with E-state index in [1.807, 2.05) is 60.4 Å². The number of nitrogens with zero attached hydrogens (tertiary/aromatic N) is 3. The van der Waals surface area contributed by atoms with E-state index in [0.717, 1.165) is 48.4 Å². The zero-order chi connectivity index (χ0) is 31.7. The summed E-state index contributed by atoms with van der Waals surface area (Å²) in [5, 5.41) is 2.88. The van der Waals surface area contributed by atoms with Gasteiger partial charge in [-0.15, -0.1) is 0 Å². The molecule has 2 aromatic carbocycles. The normalized spacial score (nSPS) is 14.2.